The normalized spacial score (nSPS) is 14.4. The van der Waals surface area contributed by atoms with Gasteiger partial charge in [0, 0.05) is 38.3 Å². The second-order valence-corrected chi connectivity index (χ2v) is 21.2. The molecule has 8 N–H and O–H groups in total. The number of carbonyl (C=O) groups is 8. The highest BCUT2D eigenvalue weighted by molar-refractivity contribution is 5.89. The number of methoxy groups -OCH3 is 8. The molecule has 2 aliphatic heterocycles. The van der Waals surface area contributed by atoms with Crippen molar-refractivity contribution in [1.82, 2.24) is 9.80 Å². The molecule has 4 aromatic rings. The molecule has 500 valence electrons. The predicted octanol–water partition coefficient (Wildman–Crippen LogP) is 5.28. The van der Waals surface area contributed by atoms with E-state index in [1.54, 1.807) is 56.9 Å². The molecule has 91 heavy (non-hydrogen) atoms. The van der Waals surface area contributed by atoms with Crippen molar-refractivity contribution in [2.24, 2.45) is 0 Å². The van der Waals surface area contributed by atoms with E-state index in [0.29, 0.717) is 98.0 Å². The molecule has 2 atom stereocenters. The number of carboxylic acids is 6. The predicted molar refractivity (Wildman–Crippen MR) is 321 cm³/mol. The highest BCUT2D eigenvalue weighted by Gasteiger charge is 2.42. The summed E-state index contributed by atoms with van der Waals surface area (Å²) >= 11 is 0. The molecule has 0 saturated heterocycles. The van der Waals surface area contributed by atoms with Crippen LogP contribution in [0.1, 0.15) is 103 Å². The van der Waals surface area contributed by atoms with E-state index in [0.717, 1.165) is 54.6 Å². The highest BCUT2D eigenvalue weighted by Crippen LogP contribution is 2.42. The Morgan fingerprint density at radius 1 is 0.418 bits per heavy atom. The van der Waals surface area contributed by atoms with Crippen LogP contribution in [0.4, 0.5) is 0 Å². The van der Waals surface area contributed by atoms with Crippen LogP contribution in [0.25, 0.3) is 0 Å². The summed E-state index contributed by atoms with van der Waals surface area (Å²) in [4.78, 5) is 91.7. The molecule has 2 aliphatic rings. The quantitative estimate of drug-likeness (QED) is 0.0218. The maximum absolute atomic E-state index is 13.0. The van der Waals surface area contributed by atoms with Crippen LogP contribution in [-0.2, 0) is 73.5 Å². The van der Waals surface area contributed by atoms with Crippen LogP contribution in [0.3, 0.4) is 0 Å². The Kier molecular flexibility index (Phi) is 29.3. The van der Waals surface area contributed by atoms with Crippen LogP contribution in [0, 0.1) is 0 Å². The van der Waals surface area contributed by atoms with Gasteiger partial charge in [-0.15, -0.1) is 0 Å². The molecule has 0 bridgehead atoms. The number of unbranched alkanes of at least 4 members (excludes halogenated alkanes) is 2. The molecule has 0 radical (unpaired) electrons. The summed E-state index contributed by atoms with van der Waals surface area (Å²) in [7, 11) is 13.1. The van der Waals surface area contributed by atoms with E-state index in [2.05, 4.69) is 34.1 Å². The summed E-state index contributed by atoms with van der Waals surface area (Å²) in [6.45, 7) is 3.29. The first-order valence-electron chi connectivity index (χ1n) is 28.7. The minimum absolute atomic E-state index is 0.0112. The van der Waals surface area contributed by atoms with Gasteiger partial charge in [-0.3, -0.25) is 38.6 Å². The topological polar surface area (TPSA) is 397 Å². The smallest absolute Gasteiger partial charge is 0.336 e. The molecule has 0 saturated carbocycles. The number of aliphatic hydroxyl groups is 2. The molecule has 28 heteroatoms. The standard InChI is InChI=1S/C51H66N2O12.2C6H8O7/c1-56-42-14-12-34(28-44(42)58-3)26-40-38-32-48(62-7)46(60-5)30-36(38)16-20-52(40)22-18-50(54)64-24-10-9-11-25-65-51(55)19-23-53-21-17-37-31-47(61-6)49(63-8)33-39(37)41(53)27-35-13-15-43(57-2)45(29-35)59-4;2*7-3(8)1-6(13,5(11)12)2-4(9)10/h12-15,28-33,40-41H,9-11,16-27H2,1-8H3;2*13H,1-2H2,(H,7,8)(H,9,10)(H,11,12). The Morgan fingerprint density at radius 2 is 0.714 bits per heavy atom. The summed E-state index contributed by atoms with van der Waals surface area (Å²) in [5.74, 6) is -5.08. The maximum atomic E-state index is 13.0. The maximum Gasteiger partial charge on any atom is 0.336 e. The second kappa shape index (κ2) is 35.9. The lowest BCUT2D eigenvalue weighted by Crippen LogP contribution is -2.42. The van der Waals surface area contributed by atoms with Crippen molar-refractivity contribution in [2.75, 3.05) is 96.3 Å². The zero-order valence-corrected chi connectivity index (χ0v) is 52.2. The van der Waals surface area contributed by atoms with E-state index in [-0.39, 0.29) is 36.9 Å². The van der Waals surface area contributed by atoms with Crippen molar-refractivity contribution in [3.05, 3.63) is 94.0 Å². The molecule has 28 nitrogen and oxygen atoms in total. The Bertz CT molecular complexity index is 2910. The molecule has 2 unspecified atom stereocenters. The van der Waals surface area contributed by atoms with Gasteiger partial charge in [0.15, 0.2) is 57.2 Å². The van der Waals surface area contributed by atoms with E-state index in [1.807, 2.05) is 36.4 Å². The van der Waals surface area contributed by atoms with Gasteiger partial charge in [0.1, 0.15) is 0 Å². The zero-order chi connectivity index (χ0) is 67.6. The number of benzene rings is 4. The van der Waals surface area contributed by atoms with E-state index in [1.165, 1.54) is 11.1 Å². The summed E-state index contributed by atoms with van der Waals surface area (Å²) in [5, 5.41) is 67.6. The Labute approximate surface area is 525 Å². The first kappa shape index (κ1) is 74.3. The molecule has 0 aromatic heterocycles. The number of rotatable bonds is 34. The molecule has 0 aliphatic carbocycles. The summed E-state index contributed by atoms with van der Waals surface area (Å²) in [6.07, 6.45) is 1.12. The van der Waals surface area contributed by atoms with Gasteiger partial charge in [-0.05, 0) is 127 Å². The minimum atomic E-state index is -2.74. The first-order valence-corrected chi connectivity index (χ1v) is 28.7. The number of hydrogen-bond acceptors (Lipinski definition) is 22. The van der Waals surface area contributed by atoms with Gasteiger partial charge in [0.05, 0.1) is 109 Å². The van der Waals surface area contributed by atoms with E-state index >= 15 is 0 Å². The molecule has 2 heterocycles. The van der Waals surface area contributed by atoms with Gasteiger partial charge < -0.3 is 88.2 Å². The van der Waals surface area contributed by atoms with Crippen LogP contribution in [0.2, 0.25) is 0 Å². The molecule has 4 aromatic carbocycles. The number of carbonyl (C=O) groups excluding carboxylic acids is 2. The zero-order valence-electron chi connectivity index (χ0n) is 52.2. The lowest BCUT2D eigenvalue weighted by Gasteiger charge is -2.38. The monoisotopic (exact) mass is 1280 g/mol. The molecule has 0 spiro atoms. The lowest BCUT2D eigenvalue weighted by molar-refractivity contribution is -0.170. The summed E-state index contributed by atoms with van der Waals surface area (Å²) < 4.78 is 56.1. The van der Waals surface area contributed by atoms with Gasteiger partial charge in [0.2, 0.25) is 0 Å². The van der Waals surface area contributed by atoms with Crippen molar-refractivity contribution >= 4 is 47.8 Å². The Morgan fingerprint density at radius 3 is 1.00 bits per heavy atom. The van der Waals surface area contributed by atoms with Crippen LogP contribution in [-0.4, -0.2) is 206 Å². The Hall–Kier alpha value is -9.12. The average Bonchev–Trinajstić information content (AvgIpc) is 0.803. The highest BCUT2D eigenvalue weighted by atomic mass is 16.5. The number of fused-ring (bicyclic) bond motifs is 2. The molecule has 0 amide bonds. The van der Waals surface area contributed by atoms with Gasteiger partial charge in [-0.1, -0.05) is 12.1 Å². The molecular weight excluding hydrogens is 1200 g/mol. The van der Waals surface area contributed by atoms with E-state index < -0.39 is 72.7 Å². The second-order valence-electron chi connectivity index (χ2n) is 21.2. The number of carboxylic acid groups (broad SMARTS) is 6. The fourth-order valence-electron chi connectivity index (χ4n) is 10.4. The molecular formula is C63H82N2O26. The largest absolute Gasteiger partial charge is 0.493 e. The van der Waals surface area contributed by atoms with Crippen LogP contribution < -0.4 is 37.9 Å². The Balaban J connectivity index is 0.000000564. The van der Waals surface area contributed by atoms with E-state index in [9.17, 15) is 38.4 Å². The van der Waals surface area contributed by atoms with Gasteiger partial charge in [-0.2, -0.15) is 0 Å². The lowest BCUT2D eigenvalue weighted by atomic mass is 9.88. The number of esters is 2. The fourth-order valence-corrected chi connectivity index (χ4v) is 10.4. The van der Waals surface area contributed by atoms with Crippen molar-refractivity contribution in [3.63, 3.8) is 0 Å². The van der Waals surface area contributed by atoms with Gasteiger partial charge in [-0.25, -0.2) is 9.59 Å². The fraction of sp³-hybridized carbons (Fsp3) is 0.492. The average molecular weight is 1280 g/mol. The van der Waals surface area contributed by atoms with Crippen LogP contribution in [0.15, 0.2) is 60.7 Å². The first-order chi connectivity index (χ1) is 43.2. The summed E-state index contributed by atoms with van der Waals surface area (Å²) in [6, 6.07) is 20.2. The molecule has 6 rings (SSSR count). The number of aliphatic carboxylic acids is 6. The third-order valence-corrected chi connectivity index (χ3v) is 15.1. The molecule has 0 fully saturated rings. The number of ether oxygens (including phenoxy) is 10. The number of nitrogens with zero attached hydrogens (tertiary/aromatic N) is 2. The SMILES string of the molecule is COc1ccc(CC2c3cc(OC)c(OC)cc3CCN2CCC(=O)OCCCCCOC(=O)CCN2CCc3cc(OC)c(OC)cc3C2Cc2ccc(OC)c(OC)c2)cc1OC.O=C(O)CC(O)(CC(=O)O)C(=O)O.O=C(O)CC(O)(CC(=O)O)C(=O)O. The van der Waals surface area contributed by atoms with Crippen LogP contribution >= 0.6 is 0 Å². The van der Waals surface area contributed by atoms with Crippen molar-refractivity contribution in [2.45, 2.75) is 107 Å². The van der Waals surface area contributed by atoms with Crippen molar-refractivity contribution in [1.29, 1.82) is 0 Å². The van der Waals surface area contributed by atoms with Crippen LogP contribution in [0.5, 0.6) is 46.0 Å². The third-order valence-electron chi connectivity index (χ3n) is 15.1. The summed E-state index contributed by atoms with van der Waals surface area (Å²) in [5.41, 5.74) is 1.38. The third kappa shape index (κ3) is 22.1. The van der Waals surface area contributed by atoms with Crippen molar-refractivity contribution < 1.29 is 127 Å². The van der Waals surface area contributed by atoms with Gasteiger partial charge >= 0.3 is 47.8 Å². The minimum Gasteiger partial charge on any atom is -0.493 e. The van der Waals surface area contributed by atoms with Crippen molar-refractivity contribution in [3.8, 4) is 46.0 Å². The number of hydrogen-bond donors (Lipinski definition) is 8. The van der Waals surface area contributed by atoms with Gasteiger partial charge in [0.25, 0.3) is 0 Å². The van der Waals surface area contributed by atoms with E-state index in [4.69, 9.17) is 88.2 Å².